The molecule has 2 N–H and O–H groups in total. The molecule has 0 saturated carbocycles. The Bertz CT molecular complexity index is 473. The van der Waals surface area contributed by atoms with E-state index in [4.69, 9.17) is 5.11 Å². The molecule has 0 aliphatic rings. The first-order chi connectivity index (χ1) is 8.81. The van der Waals surface area contributed by atoms with Crippen LogP contribution in [0.4, 0.5) is 13.2 Å². The van der Waals surface area contributed by atoms with E-state index in [1.54, 1.807) is 13.8 Å². The van der Waals surface area contributed by atoms with Gasteiger partial charge in [0.05, 0.1) is 18.6 Å². The molecule has 19 heavy (non-hydrogen) atoms. The number of benzene rings is 1. The van der Waals surface area contributed by atoms with E-state index in [2.05, 4.69) is 5.32 Å². The van der Waals surface area contributed by atoms with Crippen LogP contribution < -0.4 is 5.32 Å². The number of aliphatic hydroxyl groups excluding tert-OH is 1. The van der Waals surface area contributed by atoms with Crippen molar-refractivity contribution in [3.05, 3.63) is 35.1 Å². The molecular weight excluding hydrogens is 259 g/mol. The van der Waals surface area contributed by atoms with Crippen molar-refractivity contribution in [3.8, 4) is 0 Å². The van der Waals surface area contributed by atoms with E-state index < -0.39 is 35.3 Å². The lowest BCUT2D eigenvalue weighted by Gasteiger charge is -2.27. The van der Waals surface area contributed by atoms with Gasteiger partial charge >= 0.3 is 0 Å². The van der Waals surface area contributed by atoms with E-state index in [1.165, 1.54) is 0 Å². The second-order valence-corrected chi connectivity index (χ2v) is 4.66. The van der Waals surface area contributed by atoms with E-state index in [0.29, 0.717) is 18.6 Å². The molecule has 0 aromatic heterocycles. The maximum absolute atomic E-state index is 13.4. The molecule has 3 nitrogen and oxygen atoms in total. The van der Waals surface area contributed by atoms with Gasteiger partial charge in [-0.3, -0.25) is 4.79 Å². The Morgan fingerprint density at radius 1 is 1.26 bits per heavy atom. The second kappa shape index (κ2) is 6.06. The van der Waals surface area contributed by atoms with Gasteiger partial charge in [0.2, 0.25) is 5.91 Å². The fourth-order valence-corrected chi connectivity index (χ4v) is 1.49. The molecule has 106 valence electrons. The average Bonchev–Trinajstić information content (AvgIpc) is 2.35. The molecule has 0 heterocycles. The van der Waals surface area contributed by atoms with Gasteiger partial charge in [-0.1, -0.05) is 6.92 Å². The monoisotopic (exact) mass is 275 g/mol. The quantitative estimate of drug-likeness (QED) is 0.807. The highest BCUT2D eigenvalue weighted by atomic mass is 19.2. The number of nitrogens with one attached hydrogen (secondary N) is 1. The minimum Gasteiger partial charge on any atom is -0.394 e. The standard InChI is InChI=1S/C13H16F3NO2/c1-3-13(2,7-18)17-12(19)5-8-4-10(15)11(16)6-9(8)14/h4,6,18H,3,5,7H2,1-2H3,(H,17,19)/t13-/m0/s1. The van der Waals surface area contributed by atoms with Crippen molar-refractivity contribution in [2.75, 3.05) is 6.61 Å². The summed E-state index contributed by atoms with van der Waals surface area (Å²) in [5.41, 5.74) is -1.04. The Labute approximate surface area is 109 Å². The molecule has 0 spiro atoms. The van der Waals surface area contributed by atoms with Crippen molar-refractivity contribution in [1.82, 2.24) is 5.32 Å². The summed E-state index contributed by atoms with van der Waals surface area (Å²) in [4.78, 5) is 11.7. The first-order valence-corrected chi connectivity index (χ1v) is 5.86. The van der Waals surface area contributed by atoms with Gasteiger partial charge in [0.15, 0.2) is 11.6 Å². The molecular formula is C13H16F3NO2. The third-order valence-electron chi connectivity index (χ3n) is 3.01. The van der Waals surface area contributed by atoms with Crippen LogP contribution in [0.1, 0.15) is 25.8 Å². The largest absolute Gasteiger partial charge is 0.394 e. The van der Waals surface area contributed by atoms with Gasteiger partial charge in [-0.2, -0.15) is 0 Å². The fourth-order valence-electron chi connectivity index (χ4n) is 1.49. The molecule has 1 aromatic carbocycles. The molecule has 1 rings (SSSR count). The van der Waals surface area contributed by atoms with Crippen molar-refractivity contribution in [2.45, 2.75) is 32.2 Å². The number of rotatable bonds is 5. The van der Waals surface area contributed by atoms with Crippen LogP contribution in [0.15, 0.2) is 12.1 Å². The highest BCUT2D eigenvalue weighted by Gasteiger charge is 2.24. The van der Waals surface area contributed by atoms with Gasteiger partial charge < -0.3 is 10.4 Å². The Morgan fingerprint density at radius 2 is 1.84 bits per heavy atom. The van der Waals surface area contributed by atoms with Crippen LogP contribution in [-0.2, 0) is 11.2 Å². The summed E-state index contributed by atoms with van der Waals surface area (Å²) in [6.07, 6.45) is 0.0636. The predicted molar refractivity (Wildman–Crippen MR) is 63.9 cm³/mol. The van der Waals surface area contributed by atoms with Crippen LogP contribution in [0, 0.1) is 17.5 Å². The predicted octanol–water partition coefficient (Wildman–Crippen LogP) is 1.92. The molecule has 0 aliphatic heterocycles. The average molecular weight is 275 g/mol. The number of halogens is 3. The smallest absolute Gasteiger partial charge is 0.225 e. The molecule has 0 unspecified atom stereocenters. The van der Waals surface area contributed by atoms with E-state index in [-0.39, 0.29) is 12.2 Å². The molecule has 0 saturated heterocycles. The van der Waals surface area contributed by atoms with E-state index in [1.807, 2.05) is 0 Å². The third kappa shape index (κ3) is 3.96. The van der Waals surface area contributed by atoms with Gasteiger partial charge in [-0.05, 0) is 19.4 Å². The second-order valence-electron chi connectivity index (χ2n) is 4.66. The van der Waals surface area contributed by atoms with Gasteiger partial charge in [0, 0.05) is 11.6 Å². The number of carbonyl (C=O) groups excluding carboxylic acids is 1. The van der Waals surface area contributed by atoms with Crippen molar-refractivity contribution < 1.29 is 23.1 Å². The number of hydrogen-bond acceptors (Lipinski definition) is 2. The summed E-state index contributed by atoms with van der Waals surface area (Å²) >= 11 is 0. The highest BCUT2D eigenvalue weighted by molar-refractivity contribution is 5.79. The fraction of sp³-hybridized carbons (Fsp3) is 0.462. The first kappa shape index (κ1) is 15.5. The highest BCUT2D eigenvalue weighted by Crippen LogP contribution is 2.15. The number of aliphatic hydroxyl groups is 1. The Hall–Kier alpha value is -1.56. The van der Waals surface area contributed by atoms with Crippen LogP contribution in [0.5, 0.6) is 0 Å². The lowest BCUT2D eigenvalue weighted by atomic mass is 9.99. The lowest BCUT2D eigenvalue weighted by Crippen LogP contribution is -2.49. The third-order valence-corrected chi connectivity index (χ3v) is 3.01. The maximum atomic E-state index is 13.4. The minimum atomic E-state index is -1.30. The number of hydrogen-bond donors (Lipinski definition) is 2. The molecule has 0 radical (unpaired) electrons. The number of carbonyl (C=O) groups is 1. The van der Waals surface area contributed by atoms with Crippen molar-refractivity contribution in [1.29, 1.82) is 0 Å². The van der Waals surface area contributed by atoms with Crippen molar-refractivity contribution in [3.63, 3.8) is 0 Å². The van der Waals surface area contributed by atoms with Gasteiger partial charge in [0.25, 0.3) is 0 Å². The molecule has 1 atom stereocenters. The normalized spacial score (nSPS) is 14.0. The maximum Gasteiger partial charge on any atom is 0.225 e. The van der Waals surface area contributed by atoms with Crippen LogP contribution >= 0.6 is 0 Å². The summed E-state index contributed by atoms with van der Waals surface area (Å²) < 4.78 is 39.0. The zero-order valence-corrected chi connectivity index (χ0v) is 10.8. The van der Waals surface area contributed by atoms with Crippen LogP contribution in [-0.4, -0.2) is 23.2 Å². The topological polar surface area (TPSA) is 49.3 Å². The van der Waals surface area contributed by atoms with Crippen LogP contribution in [0.3, 0.4) is 0 Å². The lowest BCUT2D eigenvalue weighted by molar-refractivity contribution is -0.122. The Kier molecular flexibility index (Phi) is 4.94. The SMILES string of the molecule is CC[C@@](C)(CO)NC(=O)Cc1cc(F)c(F)cc1F. The molecule has 6 heteroatoms. The van der Waals surface area contributed by atoms with E-state index >= 15 is 0 Å². The van der Waals surface area contributed by atoms with Gasteiger partial charge in [0.1, 0.15) is 5.82 Å². The first-order valence-electron chi connectivity index (χ1n) is 5.86. The molecule has 0 bridgehead atoms. The summed E-state index contributed by atoms with van der Waals surface area (Å²) in [5.74, 6) is -4.04. The minimum absolute atomic E-state index is 0.229. The summed E-state index contributed by atoms with van der Waals surface area (Å²) in [6, 6.07) is 1.06. The van der Waals surface area contributed by atoms with E-state index in [9.17, 15) is 18.0 Å². The Morgan fingerprint density at radius 3 is 2.37 bits per heavy atom. The van der Waals surface area contributed by atoms with Gasteiger partial charge in [-0.15, -0.1) is 0 Å². The zero-order chi connectivity index (χ0) is 14.6. The molecule has 1 amide bonds. The summed E-state index contributed by atoms with van der Waals surface area (Å²) in [7, 11) is 0. The summed E-state index contributed by atoms with van der Waals surface area (Å²) in [5, 5.41) is 11.7. The number of amides is 1. The van der Waals surface area contributed by atoms with Crippen molar-refractivity contribution in [2.24, 2.45) is 0 Å². The van der Waals surface area contributed by atoms with Gasteiger partial charge in [-0.25, -0.2) is 13.2 Å². The van der Waals surface area contributed by atoms with E-state index in [0.717, 1.165) is 0 Å². The van der Waals surface area contributed by atoms with Crippen LogP contribution in [0.2, 0.25) is 0 Å². The van der Waals surface area contributed by atoms with Crippen LogP contribution in [0.25, 0.3) is 0 Å². The van der Waals surface area contributed by atoms with Crippen molar-refractivity contribution >= 4 is 5.91 Å². The molecule has 1 aromatic rings. The Balaban J connectivity index is 2.80. The zero-order valence-electron chi connectivity index (χ0n) is 10.8. The molecule has 0 fully saturated rings. The summed E-state index contributed by atoms with van der Waals surface area (Å²) in [6.45, 7) is 3.14. The molecule has 0 aliphatic carbocycles.